The minimum atomic E-state index is -0.0811. The molecule has 1 saturated heterocycles. The van der Waals surface area contributed by atoms with Gasteiger partial charge in [0.05, 0.1) is 12.2 Å². The number of rotatable bonds is 7. The molecule has 1 unspecified atom stereocenters. The van der Waals surface area contributed by atoms with Gasteiger partial charge in [-0.15, -0.1) is 0 Å². The molecular formula is C22H29N3O2. The molecule has 5 heteroatoms. The summed E-state index contributed by atoms with van der Waals surface area (Å²) in [7, 11) is 0. The molecule has 1 N–H and O–H groups in total. The van der Waals surface area contributed by atoms with Crippen molar-refractivity contribution in [3.8, 4) is 5.75 Å². The number of nitrogens with one attached hydrogen (secondary N) is 1. The lowest BCUT2D eigenvalue weighted by atomic mass is 9.98. The lowest BCUT2D eigenvalue weighted by molar-refractivity contribution is 0.0932. The fourth-order valence-electron chi connectivity index (χ4n) is 3.51. The zero-order valence-corrected chi connectivity index (χ0v) is 16.2. The van der Waals surface area contributed by atoms with E-state index in [1.165, 1.54) is 12.0 Å². The predicted molar refractivity (Wildman–Crippen MR) is 107 cm³/mol. The molecule has 1 aliphatic heterocycles. The number of hydrogen-bond donors (Lipinski definition) is 1. The Balaban J connectivity index is 1.56. The Morgan fingerprint density at radius 1 is 1.30 bits per heavy atom. The van der Waals surface area contributed by atoms with E-state index in [0.717, 1.165) is 26.1 Å². The molecule has 0 saturated carbocycles. The normalized spacial score (nSPS) is 17.7. The van der Waals surface area contributed by atoms with E-state index in [9.17, 15) is 4.79 Å². The van der Waals surface area contributed by atoms with Crippen LogP contribution in [0.2, 0.25) is 0 Å². The number of likely N-dealkylation sites (tertiary alicyclic amines) is 1. The summed E-state index contributed by atoms with van der Waals surface area (Å²) >= 11 is 0. The molecule has 2 heterocycles. The van der Waals surface area contributed by atoms with E-state index in [0.29, 0.717) is 23.8 Å². The summed E-state index contributed by atoms with van der Waals surface area (Å²) < 4.78 is 6.08. The molecule has 2 aromatic rings. The fraction of sp³-hybridized carbons (Fsp3) is 0.455. The van der Waals surface area contributed by atoms with E-state index in [-0.39, 0.29) is 11.9 Å². The van der Waals surface area contributed by atoms with Crippen LogP contribution in [0, 0.1) is 5.92 Å². The monoisotopic (exact) mass is 367 g/mol. The van der Waals surface area contributed by atoms with Crippen LogP contribution in [0.1, 0.15) is 42.6 Å². The Morgan fingerprint density at radius 2 is 2.15 bits per heavy atom. The number of piperidine rings is 1. The summed E-state index contributed by atoms with van der Waals surface area (Å²) in [6.07, 6.45) is 6.07. The van der Waals surface area contributed by atoms with Crippen molar-refractivity contribution in [1.82, 2.24) is 15.2 Å². The third kappa shape index (κ3) is 5.79. The highest BCUT2D eigenvalue weighted by atomic mass is 16.5. The van der Waals surface area contributed by atoms with Crippen molar-refractivity contribution < 1.29 is 9.53 Å². The predicted octanol–water partition coefficient (Wildman–Crippen LogP) is 3.51. The average Bonchev–Trinajstić information content (AvgIpc) is 2.67. The van der Waals surface area contributed by atoms with E-state index in [1.54, 1.807) is 0 Å². The number of benzene rings is 1. The molecule has 0 spiro atoms. The van der Waals surface area contributed by atoms with E-state index < -0.39 is 0 Å². The van der Waals surface area contributed by atoms with Gasteiger partial charge in [-0.25, -0.2) is 0 Å². The fourth-order valence-corrected chi connectivity index (χ4v) is 3.51. The van der Waals surface area contributed by atoms with Crippen LogP contribution in [0.3, 0.4) is 0 Å². The minimum absolute atomic E-state index is 0.0811. The zero-order chi connectivity index (χ0) is 19.1. The van der Waals surface area contributed by atoms with Gasteiger partial charge < -0.3 is 10.1 Å². The lowest BCUT2D eigenvalue weighted by Crippen LogP contribution is -2.37. The van der Waals surface area contributed by atoms with Gasteiger partial charge in [0.2, 0.25) is 0 Å². The van der Waals surface area contributed by atoms with Crippen LogP contribution in [0.5, 0.6) is 5.75 Å². The molecule has 1 atom stereocenters. The van der Waals surface area contributed by atoms with Crippen LogP contribution >= 0.6 is 0 Å². The second-order valence-corrected chi connectivity index (χ2v) is 7.54. The number of hydrogen-bond acceptors (Lipinski definition) is 4. The van der Waals surface area contributed by atoms with Crippen molar-refractivity contribution >= 4 is 5.91 Å². The lowest BCUT2D eigenvalue weighted by Gasteiger charge is -2.32. The van der Waals surface area contributed by atoms with Gasteiger partial charge >= 0.3 is 0 Å². The Labute approximate surface area is 161 Å². The summed E-state index contributed by atoms with van der Waals surface area (Å²) in [6, 6.07) is 11.7. The quantitative estimate of drug-likeness (QED) is 0.814. The largest absolute Gasteiger partial charge is 0.492 e. The first-order valence-corrected chi connectivity index (χ1v) is 9.76. The standard InChI is InChI=1S/C22H29N3O2/c1-17(2)24-22(26)20-9-3-4-10-21(20)27-16-19-8-6-12-25(15-19)14-18-7-5-11-23-13-18/h3-5,7,9-11,13,17,19H,6,8,12,14-16H2,1-2H3,(H,24,26). The maximum Gasteiger partial charge on any atom is 0.255 e. The number of carbonyl (C=O) groups excluding carboxylic acids is 1. The first kappa shape index (κ1) is 19.4. The average molecular weight is 367 g/mol. The van der Waals surface area contributed by atoms with Crippen LogP contribution < -0.4 is 10.1 Å². The van der Waals surface area contributed by atoms with Gasteiger partial charge in [0.15, 0.2) is 0 Å². The molecule has 5 nitrogen and oxygen atoms in total. The van der Waals surface area contributed by atoms with E-state index in [2.05, 4.69) is 21.3 Å². The number of nitrogens with zero attached hydrogens (tertiary/aromatic N) is 2. The van der Waals surface area contributed by atoms with Crippen molar-refractivity contribution in [2.75, 3.05) is 19.7 Å². The number of pyridine rings is 1. The van der Waals surface area contributed by atoms with E-state index in [1.807, 2.05) is 56.6 Å². The highest BCUT2D eigenvalue weighted by molar-refractivity contribution is 5.97. The van der Waals surface area contributed by atoms with Crippen molar-refractivity contribution in [2.24, 2.45) is 5.92 Å². The SMILES string of the molecule is CC(C)NC(=O)c1ccccc1OCC1CCCN(Cc2cccnc2)C1. The number of ether oxygens (including phenoxy) is 1. The summed E-state index contributed by atoms with van der Waals surface area (Å²) in [5.41, 5.74) is 1.85. The first-order valence-electron chi connectivity index (χ1n) is 9.76. The Hall–Kier alpha value is -2.40. The van der Waals surface area contributed by atoms with Crippen molar-refractivity contribution in [3.63, 3.8) is 0 Å². The molecule has 3 rings (SSSR count). The molecule has 1 aromatic heterocycles. The Kier molecular flexibility index (Phi) is 6.82. The van der Waals surface area contributed by atoms with Gasteiger partial charge in [-0.05, 0) is 57.0 Å². The molecular weight excluding hydrogens is 338 g/mol. The van der Waals surface area contributed by atoms with Gasteiger partial charge in [0.25, 0.3) is 5.91 Å². The smallest absolute Gasteiger partial charge is 0.255 e. The van der Waals surface area contributed by atoms with Gasteiger partial charge in [-0.2, -0.15) is 0 Å². The number of amides is 1. The second-order valence-electron chi connectivity index (χ2n) is 7.54. The van der Waals surface area contributed by atoms with Gasteiger partial charge in [-0.1, -0.05) is 18.2 Å². The molecule has 0 bridgehead atoms. The third-order valence-electron chi connectivity index (χ3n) is 4.76. The molecule has 0 aliphatic carbocycles. The molecule has 0 radical (unpaired) electrons. The van der Waals surface area contributed by atoms with Crippen LogP contribution in [-0.4, -0.2) is 41.5 Å². The van der Waals surface area contributed by atoms with Gasteiger partial charge in [0.1, 0.15) is 5.75 Å². The molecule has 1 amide bonds. The van der Waals surface area contributed by atoms with Crippen molar-refractivity contribution in [2.45, 2.75) is 39.3 Å². The molecule has 27 heavy (non-hydrogen) atoms. The minimum Gasteiger partial charge on any atom is -0.492 e. The maximum absolute atomic E-state index is 12.4. The summed E-state index contributed by atoms with van der Waals surface area (Å²) in [5, 5.41) is 2.94. The topological polar surface area (TPSA) is 54.5 Å². The molecule has 144 valence electrons. The van der Waals surface area contributed by atoms with Crippen LogP contribution in [0.25, 0.3) is 0 Å². The van der Waals surface area contributed by atoms with Crippen molar-refractivity contribution in [1.29, 1.82) is 0 Å². The van der Waals surface area contributed by atoms with Crippen LogP contribution in [0.15, 0.2) is 48.8 Å². The highest BCUT2D eigenvalue weighted by Crippen LogP contribution is 2.23. The molecule has 1 aromatic carbocycles. The highest BCUT2D eigenvalue weighted by Gasteiger charge is 2.21. The molecule has 1 aliphatic rings. The second kappa shape index (κ2) is 9.51. The van der Waals surface area contributed by atoms with Crippen LogP contribution in [0.4, 0.5) is 0 Å². The maximum atomic E-state index is 12.4. The number of para-hydroxylation sites is 1. The summed E-state index contributed by atoms with van der Waals surface area (Å²) in [6.45, 7) is 7.60. The Bertz CT molecular complexity index is 733. The summed E-state index contributed by atoms with van der Waals surface area (Å²) in [5.74, 6) is 1.05. The van der Waals surface area contributed by atoms with Crippen molar-refractivity contribution in [3.05, 3.63) is 59.9 Å². The summed E-state index contributed by atoms with van der Waals surface area (Å²) in [4.78, 5) is 19.0. The zero-order valence-electron chi connectivity index (χ0n) is 16.2. The Morgan fingerprint density at radius 3 is 2.93 bits per heavy atom. The molecule has 1 fully saturated rings. The third-order valence-corrected chi connectivity index (χ3v) is 4.76. The number of aromatic nitrogens is 1. The van der Waals surface area contributed by atoms with E-state index in [4.69, 9.17) is 4.74 Å². The van der Waals surface area contributed by atoms with E-state index >= 15 is 0 Å². The van der Waals surface area contributed by atoms with Crippen LogP contribution in [-0.2, 0) is 6.54 Å². The van der Waals surface area contributed by atoms with Gasteiger partial charge in [-0.3, -0.25) is 14.7 Å². The first-order chi connectivity index (χ1) is 13.1. The number of carbonyl (C=O) groups is 1. The van der Waals surface area contributed by atoms with Gasteiger partial charge in [0, 0.05) is 37.4 Å².